The summed E-state index contributed by atoms with van der Waals surface area (Å²) >= 11 is 0. The number of hydrogen-bond acceptors (Lipinski definition) is 3. The second kappa shape index (κ2) is 6.90. The van der Waals surface area contributed by atoms with E-state index >= 15 is 0 Å². The number of aromatic nitrogens is 1. The second-order valence-electron chi connectivity index (χ2n) is 5.62. The minimum Gasteiger partial charge on any atom is -0.356 e. The van der Waals surface area contributed by atoms with E-state index in [1.807, 2.05) is 19.3 Å². The summed E-state index contributed by atoms with van der Waals surface area (Å²) in [6.45, 7) is 6.82. The molecule has 3 nitrogen and oxygen atoms in total. The third-order valence-electron chi connectivity index (χ3n) is 4.44. The van der Waals surface area contributed by atoms with Crippen molar-refractivity contribution in [3.05, 3.63) is 23.9 Å². The first-order valence-corrected chi connectivity index (χ1v) is 7.63. The Morgan fingerprint density at radius 2 is 2.26 bits per heavy atom. The summed E-state index contributed by atoms with van der Waals surface area (Å²) in [5.41, 5.74) is 1.32. The maximum atomic E-state index is 4.65. The first kappa shape index (κ1) is 14.3. The van der Waals surface area contributed by atoms with Crippen molar-refractivity contribution in [1.82, 2.24) is 10.3 Å². The summed E-state index contributed by atoms with van der Waals surface area (Å²) in [5, 5.41) is 3.33. The van der Waals surface area contributed by atoms with Crippen molar-refractivity contribution in [2.75, 3.05) is 25.0 Å². The van der Waals surface area contributed by atoms with Gasteiger partial charge in [-0.2, -0.15) is 0 Å². The lowest BCUT2D eigenvalue weighted by Gasteiger charge is -2.26. The SMILES string of the molecule is CCC1CCCN(c2ncccc2C(C)NC)CC1. The van der Waals surface area contributed by atoms with E-state index in [0.717, 1.165) is 19.0 Å². The van der Waals surface area contributed by atoms with Crippen LogP contribution in [0.1, 0.15) is 51.1 Å². The van der Waals surface area contributed by atoms with Crippen molar-refractivity contribution in [1.29, 1.82) is 0 Å². The van der Waals surface area contributed by atoms with E-state index in [1.165, 1.54) is 37.1 Å². The quantitative estimate of drug-likeness (QED) is 0.900. The van der Waals surface area contributed by atoms with Gasteiger partial charge in [0.05, 0.1) is 0 Å². The highest BCUT2D eigenvalue weighted by molar-refractivity contribution is 5.48. The van der Waals surface area contributed by atoms with Crippen molar-refractivity contribution >= 4 is 5.82 Å². The smallest absolute Gasteiger partial charge is 0.133 e. The van der Waals surface area contributed by atoms with Crippen LogP contribution >= 0.6 is 0 Å². The molecule has 1 fully saturated rings. The molecule has 0 saturated carbocycles. The molecule has 1 N–H and O–H groups in total. The average Bonchev–Trinajstić information content (AvgIpc) is 2.71. The van der Waals surface area contributed by atoms with Crippen molar-refractivity contribution in [2.24, 2.45) is 5.92 Å². The van der Waals surface area contributed by atoms with Gasteiger partial charge in [0.15, 0.2) is 0 Å². The standard InChI is InChI=1S/C16H27N3/c1-4-14-7-6-11-19(12-9-14)16-15(13(2)17-3)8-5-10-18-16/h5,8,10,13-14,17H,4,6-7,9,11-12H2,1-3H3. The van der Waals surface area contributed by atoms with E-state index in [1.54, 1.807) is 0 Å². The Kier molecular flexibility index (Phi) is 5.20. The Morgan fingerprint density at radius 1 is 1.42 bits per heavy atom. The summed E-state index contributed by atoms with van der Waals surface area (Å²) in [5.74, 6) is 2.08. The highest BCUT2D eigenvalue weighted by Gasteiger charge is 2.20. The van der Waals surface area contributed by atoms with E-state index in [0.29, 0.717) is 6.04 Å². The largest absolute Gasteiger partial charge is 0.356 e. The molecule has 2 rings (SSSR count). The summed E-state index contributed by atoms with van der Waals surface area (Å²) in [7, 11) is 2.01. The van der Waals surface area contributed by atoms with E-state index in [4.69, 9.17) is 0 Å². The average molecular weight is 261 g/mol. The lowest BCUT2D eigenvalue weighted by Crippen LogP contribution is -2.28. The molecular weight excluding hydrogens is 234 g/mol. The molecule has 1 aliphatic heterocycles. The number of hydrogen-bond donors (Lipinski definition) is 1. The molecule has 0 spiro atoms. The second-order valence-corrected chi connectivity index (χ2v) is 5.62. The topological polar surface area (TPSA) is 28.2 Å². The van der Waals surface area contributed by atoms with Gasteiger partial charge in [-0.25, -0.2) is 4.98 Å². The van der Waals surface area contributed by atoms with Crippen LogP contribution in [0.4, 0.5) is 5.82 Å². The Balaban J connectivity index is 2.17. The molecule has 1 saturated heterocycles. The summed E-state index contributed by atoms with van der Waals surface area (Å²) in [4.78, 5) is 7.13. The van der Waals surface area contributed by atoms with Gasteiger partial charge in [-0.1, -0.05) is 19.4 Å². The number of pyridine rings is 1. The van der Waals surface area contributed by atoms with Crippen LogP contribution in [0.2, 0.25) is 0 Å². The number of nitrogens with one attached hydrogen (secondary N) is 1. The van der Waals surface area contributed by atoms with Crippen LogP contribution in [0, 0.1) is 5.92 Å². The Labute approximate surface area is 117 Å². The number of anilines is 1. The molecule has 2 heterocycles. The third-order valence-corrected chi connectivity index (χ3v) is 4.44. The van der Waals surface area contributed by atoms with Crippen molar-refractivity contribution in [3.63, 3.8) is 0 Å². The molecule has 0 radical (unpaired) electrons. The molecule has 2 atom stereocenters. The Bertz CT molecular complexity index is 391. The third kappa shape index (κ3) is 3.47. The van der Waals surface area contributed by atoms with Gasteiger partial charge in [0.25, 0.3) is 0 Å². The van der Waals surface area contributed by atoms with Crippen molar-refractivity contribution in [3.8, 4) is 0 Å². The van der Waals surface area contributed by atoms with Crippen molar-refractivity contribution in [2.45, 2.75) is 45.6 Å². The molecule has 1 aliphatic rings. The lowest BCUT2D eigenvalue weighted by molar-refractivity contribution is 0.459. The van der Waals surface area contributed by atoms with Gasteiger partial charge < -0.3 is 10.2 Å². The fourth-order valence-electron chi connectivity index (χ4n) is 2.95. The van der Waals surface area contributed by atoms with Gasteiger partial charge in [0, 0.05) is 30.9 Å². The predicted octanol–water partition coefficient (Wildman–Crippen LogP) is 3.38. The van der Waals surface area contributed by atoms with Gasteiger partial charge >= 0.3 is 0 Å². The molecule has 106 valence electrons. The van der Waals surface area contributed by atoms with Crippen LogP contribution in [-0.4, -0.2) is 25.1 Å². The number of rotatable bonds is 4. The van der Waals surface area contributed by atoms with E-state index in [-0.39, 0.29) is 0 Å². The number of nitrogens with zero attached hydrogens (tertiary/aromatic N) is 2. The van der Waals surface area contributed by atoms with Gasteiger partial charge in [0.2, 0.25) is 0 Å². The monoisotopic (exact) mass is 261 g/mol. The van der Waals surface area contributed by atoms with Gasteiger partial charge in [-0.3, -0.25) is 0 Å². The summed E-state index contributed by atoms with van der Waals surface area (Å²) in [6.07, 6.45) is 7.21. The molecule has 0 aromatic carbocycles. The van der Waals surface area contributed by atoms with Crippen LogP contribution in [0.25, 0.3) is 0 Å². The molecule has 0 bridgehead atoms. The first-order valence-electron chi connectivity index (χ1n) is 7.63. The molecule has 0 aliphatic carbocycles. The minimum absolute atomic E-state index is 0.355. The molecule has 2 unspecified atom stereocenters. The van der Waals surface area contributed by atoms with Gasteiger partial charge in [0.1, 0.15) is 5.82 Å². The predicted molar refractivity (Wildman–Crippen MR) is 81.6 cm³/mol. The zero-order valence-electron chi connectivity index (χ0n) is 12.5. The lowest BCUT2D eigenvalue weighted by atomic mass is 9.98. The first-order chi connectivity index (χ1) is 9.26. The zero-order valence-corrected chi connectivity index (χ0v) is 12.5. The maximum absolute atomic E-state index is 4.65. The zero-order chi connectivity index (χ0) is 13.7. The Hall–Kier alpha value is -1.09. The van der Waals surface area contributed by atoms with Crippen LogP contribution < -0.4 is 10.2 Å². The maximum Gasteiger partial charge on any atom is 0.133 e. The molecule has 3 heteroatoms. The molecule has 1 aromatic rings. The van der Waals surface area contributed by atoms with Crippen LogP contribution in [-0.2, 0) is 0 Å². The van der Waals surface area contributed by atoms with E-state index < -0.39 is 0 Å². The highest BCUT2D eigenvalue weighted by Crippen LogP contribution is 2.28. The molecular formula is C16H27N3. The molecule has 19 heavy (non-hydrogen) atoms. The fourth-order valence-corrected chi connectivity index (χ4v) is 2.95. The Morgan fingerprint density at radius 3 is 3.00 bits per heavy atom. The minimum atomic E-state index is 0.355. The highest BCUT2D eigenvalue weighted by atomic mass is 15.2. The van der Waals surface area contributed by atoms with Crippen LogP contribution in [0.5, 0.6) is 0 Å². The van der Waals surface area contributed by atoms with Crippen molar-refractivity contribution < 1.29 is 0 Å². The van der Waals surface area contributed by atoms with Gasteiger partial charge in [-0.15, -0.1) is 0 Å². The van der Waals surface area contributed by atoms with Crippen LogP contribution in [0.3, 0.4) is 0 Å². The van der Waals surface area contributed by atoms with Gasteiger partial charge in [-0.05, 0) is 45.2 Å². The van der Waals surface area contributed by atoms with Crippen LogP contribution in [0.15, 0.2) is 18.3 Å². The van der Waals surface area contributed by atoms with E-state index in [2.05, 4.69) is 35.1 Å². The molecule has 0 amide bonds. The summed E-state index contributed by atoms with van der Waals surface area (Å²) in [6, 6.07) is 4.60. The fraction of sp³-hybridized carbons (Fsp3) is 0.688. The normalized spacial score (nSPS) is 22.1. The van der Waals surface area contributed by atoms with E-state index in [9.17, 15) is 0 Å². The molecule has 1 aromatic heterocycles. The summed E-state index contributed by atoms with van der Waals surface area (Å²) < 4.78 is 0.